The van der Waals surface area contributed by atoms with Crippen LogP contribution in [0.2, 0.25) is 0 Å². The summed E-state index contributed by atoms with van der Waals surface area (Å²) >= 11 is 3.35. The first kappa shape index (κ1) is 19.7. The molecule has 0 saturated heterocycles. The molecule has 0 fully saturated rings. The van der Waals surface area contributed by atoms with E-state index in [2.05, 4.69) is 21.2 Å². The van der Waals surface area contributed by atoms with Gasteiger partial charge in [-0.1, -0.05) is 28.1 Å². The highest BCUT2D eigenvalue weighted by Gasteiger charge is 2.14. The summed E-state index contributed by atoms with van der Waals surface area (Å²) in [7, 11) is 0. The van der Waals surface area contributed by atoms with Crippen LogP contribution in [-0.4, -0.2) is 24.6 Å². The summed E-state index contributed by atoms with van der Waals surface area (Å²) in [6.07, 6.45) is 2.38. The van der Waals surface area contributed by atoms with Gasteiger partial charge in [-0.05, 0) is 61.9 Å². The number of amides is 1. The van der Waals surface area contributed by atoms with Crippen LogP contribution in [0.25, 0.3) is 6.08 Å². The van der Waals surface area contributed by atoms with Crippen LogP contribution in [0.1, 0.15) is 19.4 Å². The second kappa shape index (κ2) is 9.77. The van der Waals surface area contributed by atoms with E-state index in [0.29, 0.717) is 18.0 Å². The topological polar surface area (TPSA) is 64.6 Å². The molecule has 0 spiro atoms. The molecule has 5 nitrogen and oxygen atoms in total. The van der Waals surface area contributed by atoms with Gasteiger partial charge in [0.15, 0.2) is 6.10 Å². The van der Waals surface area contributed by atoms with E-state index < -0.39 is 6.10 Å². The maximum Gasteiger partial charge on any atom is 0.330 e. The molecular weight excluding hydrogens is 398 g/mol. The number of carbonyl (C=O) groups is 2. The second-order valence-corrected chi connectivity index (χ2v) is 6.33. The van der Waals surface area contributed by atoms with Gasteiger partial charge in [0, 0.05) is 16.2 Å². The van der Waals surface area contributed by atoms with E-state index in [-0.39, 0.29) is 11.9 Å². The number of halogens is 1. The molecule has 0 aliphatic rings. The SMILES string of the molecule is CCOC(=O)/C=C/c1ccc(NC(=O)C(C)Oc2ccc(Br)cc2)cc1. The normalized spacial score (nSPS) is 11.8. The standard InChI is InChI=1S/C20H20BrNO4/c1-3-25-19(23)13-6-15-4-9-17(10-5-15)22-20(24)14(2)26-18-11-7-16(21)8-12-18/h4-14H,3H2,1-2H3,(H,22,24)/b13-6+. The first-order valence-electron chi connectivity index (χ1n) is 8.16. The third-order valence-electron chi connectivity index (χ3n) is 3.37. The second-order valence-electron chi connectivity index (χ2n) is 5.41. The van der Waals surface area contributed by atoms with Crippen LogP contribution in [-0.2, 0) is 14.3 Å². The summed E-state index contributed by atoms with van der Waals surface area (Å²) < 4.78 is 11.4. The van der Waals surface area contributed by atoms with Crippen molar-refractivity contribution in [2.24, 2.45) is 0 Å². The maximum atomic E-state index is 12.2. The third kappa shape index (κ3) is 6.37. The molecule has 2 aromatic rings. The van der Waals surface area contributed by atoms with E-state index in [1.165, 1.54) is 6.08 Å². The molecule has 0 heterocycles. The summed E-state index contributed by atoms with van der Waals surface area (Å²) in [6.45, 7) is 3.78. The molecular formula is C20H20BrNO4. The number of carbonyl (C=O) groups excluding carboxylic acids is 2. The zero-order chi connectivity index (χ0) is 18.9. The minimum Gasteiger partial charge on any atom is -0.481 e. The summed E-state index contributed by atoms with van der Waals surface area (Å²) in [6, 6.07) is 14.4. The minimum atomic E-state index is -0.639. The van der Waals surface area contributed by atoms with Crippen molar-refractivity contribution in [2.75, 3.05) is 11.9 Å². The monoisotopic (exact) mass is 417 g/mol. The average Bonchev–Trinajstić information content (AvgIpc) is 2.63. The fourth-order valence-electron chi connectivity index (χ4n) is 2.05. The van der Waals surface area contributed by atoms with Gasteiger partial charge in [0.2, 0.25) is 0 Å². The molecule has 1 atom stereocenters. The van der Waals surface area contributed by atoms with Gasteiger partial charge in [-0.3, -0.25) is 4.79 Å². The molecule has 0 radical (unpaired) electrons. The van der Waals surface area contributed by atoms with E-state index >= 15 is 0 Å². The number of hydrogen-bond donors (Lipinski definition) is 1. The lowest BCUT2D eigenvalue weighted by Gasteiger charge is -2.15. The molecule has 136 valence electrons. The molecule has 26 heavy (non-hydrogen) atoms. The van der Waals surface area contributed by atoms with Gasteiger partial charge >= 0.3 is 5.97 Å². The Hall–Kier alpha value is -2.60. The van der Waals surface area contributed by atoms with Gasteiger partial charge in [-0.25, -0.2) is 4.79 Å². The van der Waals surface area contributed by atoms with Crippen LogP contribution >= 0.6 is 15.9 Å². The lowest BCUT2D eigenvalue weighted by molar-refractivity contribution is -0.137. The van der Waals surface area contributed by atoms with E-state index in [9.17, 15) is 9.59 Å². The van der Waals surface area contributed by atoms with Gasteiger partial charge in [0.05, 0.1) is 6.61 Å². The Morgan fingerprint density at radius 3 is 2.38 bits per heavy atom. The van der Waals surface area contributed by atoms with Crippen LogP contribution < -0.4 is 10.1 Å². The summed E-state index contributed by atoms with van der Waals surface area (Å²) in [5.74, 6) is -0.0122. The zero-order valence-corrected chi connectivity index (χ0v) is 16.2. The minimum absolute atomic E-state index is 0.247. The largest absolute Gasteiger partial charge is 0.481 e. The molecule has 1 amide bonds. The van der Waals surface area contributed by atoms with Crippen molar-refractivity contribution in [1.29, 1.82) is 0 Å². The fraction of sp³-hybridized carbons (Fsp3) is 0.200. The smallest absolute Gasteiger partial charge is 0.330 e. The van der Waals surface area contributed by atoms with Gasteiger partial charge in [0.1, 0.15) is 5.75 Å². The average molecular weight is 418 g/mol. The Morgan fingerprint density at radius 2 is 1.77 bits per heavy atom. The Morgan fingerprint density at radius 1 is 1.12 bits per heavy atom. The van der Waals surface area contributed by atoms with Crippen LogP contribution in [0.15, 0.2) is 59.1 Å². The highest BCUT2D eigenvalue weighted by molar-refractivity contribution is 9.10. The first-order valence-corrected chi connectivity index (χ1v) is 8.95. The van der Waals surface area contributed by atoms with E-state index in [1.807, 2.05) is 12.1 Å². The van der Waals surface area contributed by atoms with Crippen molar-refractivity contribution >= 4 is 39.6 Å². The molecule has 0 saturated carbocycles. The molecule has 1 N–H and O–H groups in total. The predicted molar refractivity (Wildman–Crippen MR) is 105 cm³/mol. The summed E-state index contributed by atoms with van der Waals surface area (Å²) in [4.78, 5) is 23.5. The molecule has 0 bridgehead atoms. The number of ether oxygens (including phenoxy) is 2. The predicted octanol–water partition coefficient (Wildman–Crippen LogP) is 4.43. The Bertz CT molecular complexity index is 769. The van der Waals surface area contributed by atoms with Crippen LogP contribution in [0.4, 0.5) is 5.69 Å². The number of benzene rings is 2. The number of rotatable bonds is 7. The summed E-state index contributed by atoms with van der Waals surface area (Å²) in [5.41, 5.74) is 1.48. The summed E-state index contributed by atoms with van der Waals surface area (Å²) in [5, 5.41) is 2.80. The van der Waals surface area contributed by atoms with Gasteiger partial charge in [0.25, 0.3) is 5.91 Å². The highest BCUT2D eigenvalue weighted by Crippen LogP contribution is 2.18. The maximum absolute atomic E-state index is 12.2. The lowest BCUT2D eigenvalue weighted by atomic mass is 10.2. The van der Waals surface area contributed by atoms with Gasteiger partial charge in [-0.2, -0.15) is 0 Å². The molecule has 0 aliphatic carbocycles. The molecule has 0 aromatic heterocycles. The quantitative estimate of drug-likeness (QED) is 0.534. The lowest BCUT2D eigenvalue weighted by Crippen LogP contribution is -2.30. The number of esters is 1. The molecule has 6 heteroatoms. The highest BCUT2D eigenvalue weighted by atomic mass is 79.9. The van der Waals surface area contributed by atoms with E-state index in [1.54, 1.807) is 56.3 Å². The Kier molecular flexibility index (Phi) is 7.41. The van der Waals surface area contributed by atoms with Crippen molar-refractivity contribution in [3.8, 4) is 5.75 Å². The molecule has 2 rings (SSSR count). The third-order valence-corrected chi connectivity index (χ3v) is 3.90. The molecule has 0 aliphatic heterocycles. The molecule has 1 unspecified atom stereocenters. The van der Waals surface area contributed by atoms with Crippen molar-refractivity contribution in [1.82, 2.24) is 0 Å². The van der Waals surface area contributed by atoms with Gasteiger partial charge < -0.3 is 14.8 Å². The van der Waals surface area contributed by atoms with Crippen LogP contribution in [0, 0.1) is 0 Å². The van der Waals surface area contributed by atoms with Crippen LogP contribution in [0.5, 0.6) is 5.75 Å². The van der Waals surface area contributed by atoms with Crippen molar-refractivity contribution in [3.05, 3.63) is 64.6 Å². The van der Waals surface area contributed by atoms with Crippen molar-refractivity contribution < 1.29 is 19.1 Å². The number of nitrogens with one attached hydrogen (secondary N) is 1. The fourth-order valence-corrected chi connectivity index (χ4v) is 2.31. The van der Waals surface area contributed by atoms with E-state index in [0.717, 1.165) is 10.0 Å². The number of anilines is 1. The van der Waals surface area contributed by atoms with Crippen molar-refractivity contribution in [3.63, 3.8) is 0 Å². The first-order chi connectivity index (χ1) is 12.5. The Balaban J connectivity index is 1.90. The van der Waals surface area contributed by atoms with E-state index in [4.69, 9.17) is 9.47 Å². The van der Waals surface area contributed by atoms with Gasteiger partial charge in [-0.15, -0.1) is 0 Å². The number of hydrogen-bond acceptors (Lipinski definition) is 4. The molecule has 2 aromatic carbocycles. The van der Waals surface area contributed by atoms with Crippen molar-refractivity contribution in [2.45, 2.75) is 20.0 Å². The zero-order valence-electron chi connectivity index (χ0n) is 14.6. The van der Waals surface area contributed by atoms with Crippen LogP contribution in [0.3, 0.4) is 0 Å². The Labute approximate surface area is 161 Å².